The smallest absolute Gasteiger partial charge is 0.258 e. The van der Waals surface area contributed by atoms with Gasteiger partial charge in [-0.2, -0.15) is 0 Å². The van der Waals surface area contributed by atoms with Gasteiger partial charge in [-0.25, -0.2) is 4.39 Å². The number of halogens is 1. The lowest BCUT2D eigenvalue weighted by Gasteiger charge is -2.13. The molecule has 1 fully saturated rings. The van der Waals surface area contributed by atoms with Gasteiger partial charge in [-0.15, -0.1) is 0 Å². The molecule has 3 atom stereocenters. The third kappa shape index (κ3) is 3.91. The molecule has 1 amide bonds. The molecule has 110 valence electrons. The highest BCUT2D eigenvalue weighted by Crippen LogP contribution is 2.25. The Bertz CT molecular complexity index is 451. The molecule has 0 unspecified atom stereocenters. The van der Waals surface area contributed by atoms with E-state index >= 15 is 0 Å². The summed E-state index contributed by atoms with van der Waals surface area (Å²) in [4.78, 5) is 11.7. The Labute approximate surface area is 116 Å². The van der Waals surface area contributed by atoms with Gasteiger partial charge in [-0.3, -0.25) is 4.79 Å². The molecular formula is C14H18FNO4. The second-order valence-electron chi connectivity index (χ2n) is 4.99. The fourth-order valence-corrected chi connectivity index (χ4v) is 2.37. The lowest BCUT2D eigenvalue weighted by atomic mass is 10.1. The number of hydrogen-bond acceptors (Lipinski definition) is 4. The van der Waals surface area contributed by atoms with E-state index in [2.05, 4.69) is 5.32 Å². The molecular weight excluding hydrogens is 265 g/mol. The molecule has 0 aliphatic heterocycles. The molecule has 0 spiro atoms. The Hall–Kier alpha value is -1.66. The maximum atomic E-state index is 12.7. The van der Waals surface area contributed by atoms with Gasteiger partial charge in [0.2, 0.25) is 0 Å². The summed E-state index contributed by atoms with van der Waals surface area (Å²) in [6, 6.07) is 5.26. The van der Waals surface area contributed by atoms with Crippen molar-refractivity contribution in [1.29, 1.82) is 0 Å². The number of carbonyl (C=O) groups is 1. The van der Waals surface area contributed by atoms with Crippen molar-refractivity contribution in [2.24, 2.45) is 5.92 Å². The largest absolute Gasteiger partial charge is 0.484 e. The number of amides is 1. The zero-order chi connectivity index (χ0) is 14.5. The first-order valence-electron chi connectivity index (χ1n) is 6.55. The molecule has 1 aromatic carbocycles. The van der Waals surface area contributed by atoms with Crippen molar-refractivity contribution in [2.45, 2.75) is 25.0 Å². The van der Waals surface area contributed by atoms with Crippen LogP contribution >= 0.6 is 0 Å². The molecule has 0 heterocycles. The number of carbonyl (C=O) groups excluding carboxylic acids is 1. The lowest BCUT2D eigenvalue weighted by Crippen LogP contribution is -2.36. The predicted octanol–water partition coefficient (Wildman–Crippen LogP) is 0.452. The second kappa shape index (κ2) is 6.67. The monoisotopic (exact) mass is 283 g/mol. The van der Waals surface area contributed by atoms with Crippen LogP contribution in [0.5, 0.6) is 5.75 Å². The normalized spacial score (nSPS) is 25.4. The molecule has 2 rings (SSSR count). The fourth-order valence-electron chi connectivity index (χ4n) is 2.37. The summed E-state index contributed by atoms with van der Waals surface area (Å²) in [7, 11) is 0. The van der Waals surface area contributed by atoms with E-state index in [1.165, 1.54) is 24.3 Å². The van der Waals surface area contributed by atoms with Gasteiger partial charge in [-0.1, -0.05) is 0 Å². The topological polar surface area (TPSA) is 78.8 Å². The third-order valence-electron chi connectivity index (χ3n) is 3.44. The van der Waals surface area contributed by atoms with E-state index in [0.717, 1.165) is 0 Å². The summed E-state index contributed by atoms with van der Waals surface area (Å²) in [5, 5.41) is 21.4. The van der Waals surface area contributed by atoms with E-state index in [-0.39, 0.29) is 36.9 Å². The molecule has 3 N–H and O–H groups in total. The number of hydrogen-bond donors (Lipinski definition) is 3. The lowest BCUT2D eigenvalue weighted by molar-refractivity contribution is -0.123. The molecule has 0 aromatic heterocycles. The van der Waals surface area contributed by atoms with Crippen LogP contribution in [0.2, 0.25) is 0 Å². The van der Waals surface area contributed by atoms with E-state index in [9.17, 15) is 14.3 Å². The Morgan fingerprint density at radius 3 is 2.65 bits per heavy atom. The van der Waals surface area contributed by atoms with Crippen LogP contribution in [0, 0.1) is 11.7 Å². The van der Waals surface area contributed by atoms with Crippen LogP contribution in [0.25, 0.3) is 0 Å². The van der Waals surface area contributed by atoms with Crippen molar-refractivity contribution < 1.29 is 24.1 Å². The van der Waals surface area contributed by atoms with Crippen molar-refractivity contribution in [1.82, 2.24) is 5.32 Å². The van der Waals surface area contributed by atoms with Gasteiger partial charge in [0, 0.05) is 18.6 Å². The van der Waals surface area contributed by atoms with Crippen molar-refractivity contribution in [3.05, 3.63) is 30.1 Å². The summed E-state index contributed by atoms with van der Waals surface area (Å²) in [6.07, 6.45) is 0.413. The second-order valence-corrected chi connectivity index (χ2v) is 4.99. The van der Waals surface area contributed by atoms with Gasteiger partial charge in [0.05, 0.1) is 6.10 Å². The van der Waals surface area contributed by atoms with Crippen LogP contribution < -0.4 is 10.1 Å². The molecule has 6 heteroatoms. The van der Waals surface area contributed by atoms with E-state index in [1.807, 2.05) is 0 Å². The van der Waals surface area contributed by atoms with Gasteiger partial charge in [0.25, 0.3) is 5.91 Å². The average molecular weight is 283 g/mol. The molecule has 1 aliphatic carbocycles. The molecule has 0 radical (unpaired) electrons. The highest BCUT2D eigenvalue weighted by Gasteiger charge is 2.33. The van der Waals surface area contributed by atoms with Crippen LogP contribution in [-0.4, -0.2) is 41.5 Å². The van der Waals surface area contributed by atoms with Gasteiger partial charge in [0.1, 0.15) is 11.6 Å². The van der Waals surface area contributed by atoms with E-state index in [1.54, 1.807) is 0 Å². The van der Waals surface area contributed by atoms with Gasteiger partial charge in [0.15, 0.2) is 6.61 Å². The zero-order valence-electron chi connectivity index (χ0n) is 11.0. The quantitative estimate of drug-likeness (QED) is 0.733. The molecule has 0 saturated heterocycles. The maximum Gasteiger partial charge on any atom is 0.258 e. The summed E-state index contributed by atoms with van der Waals surface area (Å²) in [5.74, 6) is -0.429. The number of nitrogens with one attached hydrogen (secondary N) is 1. The van der Waals surface area contributed by atoms with Crippen LogP contribution in [0.3, 0.4) is 0 Å². The first-order valence-corrected chi connectivity index (χ1v) is 6.55. The molecule has 1 aliphatic rings. The molecule has 0 bridgehead atoms. The number of rotatable bonds is 5. The van der Waals surface area contributed by atoms with E-state index in [4.69, 9.17) is 9.84 Å². The number of aliphatic hydroxyl groups is 2. The first kappa shape index (κ1) is 14.7. The number of aliphatic hydroxyl groups excluding tert-OH is 2. The summed E-state index contributed by atoms with van der Waals surface area (Å²) >= 11 is 0. The Morgan fingerprint density at radius 2 is 2.05 bits per heavy atom. The summed E-state index contributed by atoms with van der Waals surface area (Å²) in [6.45, 7) is -0.248. The molecule has 1 aromatic rings. The predicted molar refractivity (Wildman–Crippen MR) is 69.6 cm³/mol. The minimum absolute atomic E-state index is 0.0837. The summed E-state index contributed by atoms with van der Waals surface area (Å²) in [5.41, 5.74) is 0. The van der Waals surface area contributed by atoms with Crippen LogP contribution in [0.15, 0.2) is 24.3 Å². The third-order valence-corrected chi connectivity index (χ3v) is 3.44. The van der Waals surface area contributed by atoms with Crippen molar-refractivity contribution in [2.75, 3.05) is 13.2 Å². The van der Waals surface area contributed by atoms with Crippen LogP contribution in [0.1, 0.15) is 12.8 Å². The minimum atomic E-state index is -0.580. The number of benzene rings is 1. The van der Waals surface area contributed by atoms with Gasteiger partial charge >= 0.3 is 0 Å². The van der Waals surface area contributed by atoms with Crippen molar-refractivity contribution >= 4 is 5.91 Å². The van der Waals surface area contributed by atoms with Crippen molar-refractivity contribution in [3.8, 4) is 5.75 Å². The Morgan fingerprint density at radius 1 is 1.35 bits per heavy atom. The van der Waals surface area contributed by atoms with E-state index in [0.29, 0.717) is 18.6 Å². The van der Waals surface area contributed by atoms with Gasteiger partial charge in [-0.05, 0) is 37.1 Å². The molecule has 1 saturated carbocycles. The molecule has 5 nitrogen and oxygen atoms in total. The Balaban J connectivity index is 1.74. The fraction of sp³-hybridized carbons (Fsp3) is 0.500. The van der Waals surface area contributed by atoms with E-state index < -0.39 is 6.10 Å². The minimum Gasteiger partial charge on any atom is -0.484 e. The molecule has 20 heavy (non-hydrogen) atoms. The van der Waals surface area contributed by atoms with Crippen LogP contribution in [-0.2, 0) is 4.79 Å². The maximum absolute atomic E-state index is 12.7. The van der Waals surface area contributed by atoms with Crippen LogP contribution in [0.4, 0.5) is 4.39 Å². The summed E-state index contributed by atoms with van der Waals surface area (Å²) < 4.78 is 17.9. The first-order chi connectivity index (χ1) is 9.58. The van der Waals surface area contributed by atoms with Gasteiger partial charge < -0.3 is 20.3 Å². The average Bonchev–Trinajstić information content (AvgIpc) is 2.78. The Kier molecular flexibility index (Phi) is 4.92. The zero-order valence-corrected chi connectivity index (χ0v) is 11.0. The number of ether oxygens (including phenoxy) is 1. The SMILES string of the molecule is O=C(COc1ccc(F)cc1)N[C@H]1C[C@@H](CO)[C@H](O)C1. The van der Waals surface area contributed by atoms with Crippen molar-refractivity contribution in [3.63, 3.8) is 0 Å². The highest BCUT2D eigenvalue weighted by atomic mass is 19.1. The highest BCUT2D eigenvalue weighted by molar-refractivity contribution is 5.77. The standard InChI is InChI=1S/C14H18FNO4/c15-10-1-3-12(4-2-10)20-8-14(19)16-11-5-9(7-17)13(18)6-11/h1-4,9,11,13,17-18H,5-8H2,(H,16,19)/t9-,11-,13+/m0/s1.